The van der Waals surface area contributed by atoms with Crippen LogP contribution in [-0.4, -0.2) is 30.4 Å². The first-order valence-electron chi connectivity index (χ1n) is 8.49. The Morgan fingerprint density at radius 1 is 1.06 bits per heavy atom. The minimum Gasteiger partial charge on any atom is -0.497 e. The minimum absolute atomic E-state index is 0.193. The highest BCUT2D eigenvalue weighted by atomic mass is 32.2. The predicted octanol–water partition coefficient (Wildman–Crippen LogP) is 6.12. The first-order valence-corrected chi connectivity index (χ1v) is 9.31. The molecule has 32 heavy (non-hydrogen) atoms. The van der Waals surface area contributed by atoms with E-state index < -0.39 is 39.9 Å². The van der Waals surface area contributed by atoms with Crippen LogP contribution in [0.3, 0.4) is 0 Å². The third kappa shape index (κ3) is 5.73. The van der Waals surface area contributed by atoms with Gasteiger partial charge in [-0.2, -0.15) is 36.0 Å². The summed E-state index contributed by atoms with van der Waals surface area (Å²) in [6.07, 6.45) is -5.23. The van der Waals surface area contributed by atoms with E-state index in [4.69, 9.17) is 4.74 Å². The molecule has 2 rings (SSSR count). The fraction of sp³-hybridized carbons (Fsp3) is 0.200. The summed E-state index contributed by atoms with van der Waals surface area (Å²) in [6.45, 7) is 0. The van der Waals surface area contributed by atoms with Crippen molar-refractivity contribution in [2.24, 2.45) is 0 Å². The first-order chi connectivity index (χ1) is 14.8. The maximum Gasteiger partial charge on any atom is 0.460 e. The highest BCUT2D eigenvalue weighted by molar-refractivity contribution is 8.00. The maximum absolute atomic E-state index is 13.6. The lowest BCUT2D eigenvalue weighted by atomic mass is 10.1. The summed E-state index contributed by atoms with van der Waals surface area (Å²) in [5, 5.41) is 5.92. The number of nitrogens with zero attached hydrogens (tertiary/aromatic N) is 1. The molecule has 12 heteroatoms. The highest BCUT2D eigenvalue weighted by Crippen LogP contribution is 2.53. The van der Waals surface area contributed by atoms with Gasteiger partial charge in [0.1, 0.15) is 17.4 Å². The zero-order chi connectivity index (χ0) is 24.2. The monoisotopic (exact) mass is 478 g/mol. The van der Waals surface area contributed by atoms with Gasteiger partial charge in [0.25, 0.3) is 5.91 Å². The van der Waals surface area contributed by atoms with E-state index in [1.54, 1.807) is 30.3 Å². The molecule has 0 aromatic heterocycles. The van der Waals surface area contributed by atoms with Gasteiger partial charge in [0.05, 0.1) is 7.11 Å². The number of benzene rings is 2. The van der Waals surface area contributed by atoms with E-state index in [9.17, 15) is 40.8 Å². The number of nitrogens with one attached hydrogen (secondary N) is 1. The van der Waals surface area contributed by atoms with Gasteiger partial charge in [0.15, 0.2) is 0 Å². The third-order valence-corrected chi connectivity index (χ3v) is 4.85. The Balaban J connectivity index is 2.20. The van der Waals surface area contributed by atoms with Gasteiger partial charge >= 0.3 is 17.4 Å². The van der Waals surface area contributed by atoms with Crippen LogP contribution in [0.25, 0.3) is 6.08 Å². The lowest BCUT2D eigenvalue weighted by Gasteiger charge is -2.27. The third-order valence-electron chi connectivity index (χ3n) is 3.85. The molecule has 0 aliphatic heterocycles. The number of carbonyl (C=O) groups is 1. The Morgan fingerprint density at radius 3 is 2.22 bits per heavy atom. The van der Waals surface area contributed by atoms with E-state index in [1.807, 2.05) is 0 Å². The average molecular weight is 478 g/mol. The Hall–Kier alpha value is -3.20. The molecule has 0 heterocycles. The van der Waals surface area contributed by atoms with Gasteiger partial charge in [0.2, 0.25) is 0 Å². The number of nitriles is 1. The number of ether oxygens (including phenoxy) is 1. The number of anilines is 1. The zero-order valence-electron chi connectivity index (χ0n) is 16.0. The number of methoxy groups -OCH3 is 1. The van der Waals surface area contributed by atoms with Crippen LogP contribution in [0.2, 0.25) is 0 Å². The SMILES string of the molecule is COc1ccc(C=C(C#N)C(=O)Nc2cccc(SC(F)(F)C(F)(F)C(F)(F)F)c2)cc1. The molecule has 0 bridgehead atoms. The quantitative estimate of drug-likeness (QED) is 0.225. The van der Waals surface area contributed by atoms with E-state index in [-0.39, 0.29) is 11.3 Å². The van der Waals surface area contributed by atoms with Gasteiger partial charge in [0, 0.05) is 10.6 Å². The lowest BCUT2D eigenvalue weighted by Crippen LogP contribution is -2.49. The number of halogens is 7. The summed E-state index contributed by atoms with van der Waals surface area (Å²) in [7, 11) is 1.45. The highest BCUT2D eigenvalue weighted by Gasteiger charge is 2.73. The van der Waals surface area contributed by atoms with Crippen LogP contribution in [-0.2, 0) is 4.79 Å². The fourth-order valence-corrected chi connectivity index (χ4v) is 3.10. The molecule has 170 valence electrons. The molecule has 0 spiro atoms. The first kappa shape index (κ1) is 25.1. The van der Waals surface area contributed by atoms with Crippen LogP contribution in [0.1, 0.15) is 5.56 Å². The van der Waals surface area contributed by atoms with Crippen molar-refractivity contribution in [3.05, 3.63) is 59.7 Å². The molecule has 1 N–H and O–H groups in total. The van der Waals surface area contributed by atoms with Crippen molar-refractivity contribution in [3.8, 4) is 11.8 Å². The summed E-state index contributed by atoms with van der Waals surface area (Å²) in [5.74, 6) is -6.69. The largest absolute Gasteiger partial charge is 0.497 e. The van der Waals surface area contributed by atoms with Crippen LogP contribution in [0.15, 0.2) is 59.0 Å². The summed E-state index contributed by atoms with van der Waals surface area (Å²) >= 11 is -1.00. The van der Waals surface area contributed by atoms with Crippen molar-refractivity contribution in [2.45, 2.75) is 22.2 Å². The molecule has 0 saturated heterocycles. The van der Waals surface area contributed by atoms with Gasteiger partial charge < -0.3 is 10.1 Å². The molecule has 2 aromatic rings. The Labute approximate surface area is 181 Å². The second kappa shape index (κ2) is 9.52. The molecule has 0 unspecified atom stereocenters. The van der Waals surface area contributed by atoms with E-state index in [1.165, 1.54) is 19.3 Å². The molecule has 1 amide bonds. The molecular weight excluding hydrogens is 465 g/mol. The molecule has 0 aliphatic rings. The molecule has 0 atom stereocenters. The van der Waals surface area contributed by atoms with Crippen LogP contribution >= 0.6 is 11.8 Å². The van der Waals surface area contributed by atoms with E-state index in [2.05, 4.69) is 5.32 Å². The van der Waals surface area contributed by atoms with E-state index in [0.717, 1.165) is 18.2 Å². The van der Waals surface area contributed by atoms with Gasteiger partial charge in [-0.05, 0) is 53.7 Å². The topological polar surface area (TPSA) is 62.1 Å². The second-order valence-corrected chi connectivity index (χ2v) is 7.30. The van der Waals surface area contributed by atoms with Gasteiger partial charge in [-0.3, -0.25) is 4.79 Å². The fourth-order valence-electron chi connectivity index (χ4n) is 2.23. The number of hydrogen-bond donors (Lipinski definition) is 1. The maximum atomic E-state index is 13.6. The van der Waals surface area contributed by atoms with Crippen molar-refractivity contribution in [2.75, 3.05) is 12.4 Å². The predicted molar refractivity (Wildman–Crippen MR) is 103 cm³/mol. The zero-order valence-corrected chi connectivity index (χ0v) is 16.8. The lowest BCUT2D eigenvalue weighted by molar-refractivity contribution is -0.330. The van der Waals surface area contributed by atoms with Crippen molar-refractivity contribution in [3.63, 3.8) is 0 Å². The number of hydrogen-bond acceptors (Lipinski definition) is 4. The van der Waals surface area contributed by atoms with Crippen LogP contribution in [0.4, 0.5) is 36.4 Å². The van der Waals surface area contributed by atoms with Gasteiger partial charge in [-0.25, -0.2) is 0 Å². The standard InChI is InChI=1S/C20H13F7N2O2S/c1-31-15-7-5-12(6-8-15)9-13(11-28)17(30)29-14-3-2-4-16(10-14)32-20(26,27)18(21,22)19(23,24)25/h2-10H,1H3,(H,29,30). The summed E-state index contributed by atoms with van der Waals surface area (Å²) in [4.78, 5) is 11.7. The van der Waals surface area contributed by atoms with Crippen LogP contribution in [0, 0.1) is 11.3 Å². The molecule has 0 fully saturated rings. The number of alkyl halides is 7. The Kier molecular flexibility index (Phi) is 7.46. The number of rotatable bonds is 7. The normalized spacial score (nSPS) is 12.8. The van der Waals surface area contributed by atoms with Crippen LogP contribution < -0.4 is 10.1 Å². The number of carbonyl (C=O) groups excluding carboxylic acids is 1. The summed E-state index contributed by atoms with van der Waals surface area (Å²) < 4.78 is 95.2. The van der Waals surface area contributed by atoms with Crippen molar-refractivity contribution in [1.29, 1.82) is 5.26 Å². The number of thioether (sulfide) groups is 1. The minimum atomic E-state index is -6.46. The Bertz CT molecular complexity index is 1050. The number of amides is 1. The molecular formula is C20H13F7N2O2S. The summed E-state index contributed by atoms with van der Waals surface area (Å²) in [5.41, 5.74) is -0.0972. The second-order valence-electron chi connectivity index (χ2n) is 6.12. The van der Waals surface area contributed by atoms with Crippen molar-refractivity contribution in [1.82, 2.24) is 0 Å². The van der Waals surface area contributed by atoms with Gasteiger partial charge in [-0.1, -0.05) is 18.2 Å². The van der Waals surface area contributed by atoms with Crippen LogP contribution in [0.5, 0.6) is 5.75 Å². The molecule has 0 saturated carbocycles. The summed E-state index contributed by atoms with van der Waals surface area (Å²) in [6, 6.07) is 11.8. The van der Waals surface area contributed by atoms with Crippen molar-refractivity contribution >= 4 is 29.4 Å². The van der Waals surface area contributed by atoms with E-state index >= 15 is 0 Å². The molecule has 4 nitrogen and oxygen atoms in total. The van der Waals surface area contributed by atoms with Gasteiger partial charge in [-0.15, -0.1) is 0 Å². The smallest absolute Gasteiger partial charge is 0.460 e. The van der Waals surface area contributed by atoms with Crippen molar-refractivity contribution < 1.29 is 40.3 Å². The average Bonchev–Trinajstić information content (AvgIpc) is 2.71. The molecule has 0 radical (unpaired) electrons. The van der Waals surface area contributed by atoms with E-state index in [0.29, 0.717) is 11.3 Å². The Morgan fingerprint density at radius 2 is 1.69 bits per heavy atom. The molecule has 0 aliphatic carbocycles. The molecule has 2 aromatic carbocycles.